The largest absolute Gasteiger partial charge is 0.382 e. The summed E-state index contributed by atoms with van der Waals surface area (Å²) < 4.78 is 15.1. The minimum Gasteiger partial charge on any atom is -0.382 e. The van der Waals surface area contributed by atoms with Crippen LogP contribution < -0.4 is 5.56 Å². The normalized spacial score (nSPS) is 16.8. The Balaban J connectivity index is 1.72. The molecule has 4 heterocycles. The van der Waals surface area contributed by atoms with Crippen molar-refractivity contribution in [3.8, 4) is 0 Å². The molecule has 0 saturated carbocycles. The maximum atomic E-state index is 13.6. The maximum Gasteiger partial charge on any atom is 0.265 e. The minimum absolute atomic E-state index is 0.0698. The molecule has 0 N–H and O–H groups in total. The van der Waals surface area contributed by atoms with E-state index in [1.807, 2.05) is 42.7 Å². The van der Waals surface area contributed by atoms with Gasteiger partial charge in [-0.05, 0) is 45.2 Å². The fourth-order valence-corrected chi connectivity index (χ4v) is 4.39. The third-order valence-electron chi connectivity index (χ3n) is 5.93. The van der Waals surface area contributed by atoms with E-state index in [9.17, 15) is 4.79 Å². The molecule has 1 fully saturated rings. The number of para-hydroxylation sites is 2. The zero-order chi connectivity index (χ0) is 21.4. The van der Waals surface area contributed by atoms with E-state index < -0.39 is 0 Å². The lowest BCUT2D eigenvalue weighted by atomic mass is 10.2. The van der Waals surface area contributed by atoms with E-state index in [-0.39, 0.29) is 11.7 Å². The Morgan fingerprint density at radius 1 is 1.13 bits per heavy atom. The van der Waals surface area contributed by atoms with Gasteiger partial charge in [-0.1, -0.05) is 12.1 Å². The molecule has 0 radical (unpaired) electrons. The van der Waals surface area contributed by atoms with Gasteiger partial charge in [-0.3, -0.25) is 9.36 Å². The van der Waals surface area contributed by atoms with Crippen molar-refractivity contribution in [1.82, 2.24) is 24.1 Å². The highest BCUT2D eigenvalue weighted by molar-refractivity contribution is 6.04. The van der Waals surface area contributed by atoms with Crippen LogP contribution >= 0.6 is 0 Å². The van der Waals surface area contributed by atoms with Crippen molar-refractivity contribution in [1.29, 1.82) is 0 Å². The third-order valence-corrected chi connectivity index (χ3v) is 5.93. The summed E-state index contributed by atoms with van der Waals surface area (Å²) in [6.07, 6.45) is 2.90. The second-order valence-corrected chi connectivity index (χ2v) is 8.00. The molecule has 1 aromatic carbocycles. The summed E-state index contributed by atoms with van der Waals surface area (Å²) in [6.45, 7) is 7.09. The van der Waals surface area contributed by atoms with Crippen molar-refractivity contribution in [3.05, 3.63) is 40.4 Å². The Morgan fingerprint density at radius 3 is 2.68 bits per heavy atom. The Kier molecular flexibility index (Phi) is 5.41. The van der Waals surface area contributed by atoms with Gasteiger partial charge in [0.25, 0.3) is 5.56 Å². The van der Waals surface area contributed by atoms with Gasteiger partial charge in [0.15, 0.2) is 11.3 Å². The second-order valence-electron chi connectivity index (χ2n) is 8.00. The smallest absolute Gasteiger partial charge is 0.265 e. The summed E-state index contributed by atoms with van der Waals surface area (Å²) in [7, 11) is 0. The molecule has 0 unspecified atom stereocenters. The van der Waals surface area contributed by atoms with E-state index in [4.69, 9.17) is 24.4 Å². The molecular weight excluding hydrogens is 394 g/mol. The van der Waals surface area contributed by atoms with E-state index in [2.05, 4.69) is 0 Å². The van der Waals surface area contributed by atoms with Gasteiger partial charge in [-0.15, -0.1) is 0 Å². The summed E-state index contributed by atoms with van der Waals surface area (Å²) in [4.78, 5) is 28.2. The monoisotopic (exact) mass is 421 g/mol. The number of aromatic nitrogens is 5. The topological polar surface area (TPSA) is 84.1 Å². The number of aryl methyl sites for hydroxylation is 1. The van der Waals surface area contributed by atoms with Crippen LogP contribution in [0.2, 0.25) is 0 Å². The SMILES string of the molecule is CCOCCCn1c(C)nc2c(c1=O)c1nc3ccccc3nc1n2C[C@@H]1CCCO1. The molecule has 1 atom stereocenters. The molecule has 0 aliphatic carbocycles. The van der Waals surface area contributed by atoms with Crippen molar-refractivity contribution < 1.29 is 9.47 Å². The number of benzene rings is 1. The van der Waals surface area contributed by atoms with E-state index >= 15 is 0 Å². The molecule has 4 aromatic rings. The second kappa shape index (κ2) is 8.36. The van der Waals surface area contributed by atoms with Crippen molar-refractivity contribution in [2.75, 3.05) is 19.8 Å². The molecular formula is C23H27N5O3. The zero-order valence-corrected chi connectivity index (χ0v) is 18.0. The molecule has 1 saturated heterocycles. The van der Waals surface area contributed by atoms with Crippen LogP contribution in [0.4, 0.5) is 0 Å². The number of nitrogens with zero attached hydrogens (tertiary/aromatic N) is 5. The first-order chi connectivity index (χ1) is 15.2. The van der Waals surface area contributed by atoms with Gasteiger partial charge in [-0.25, -0.2) is 15.0 Å². The summed E-state index contributed by atoms with van der Waals surface area (Å²) in [5, 5.41) is 0.535. The van der Waals surface area contributed by atoms with Gasteiger partial charge < -0.3 is 14.0 Å². The molecule has 1 aliphatic rings. The fourth-order valence-electron chi connectivity index (χ4n) is 4.39. The van der Waals surface area contributed by atoms with Crippen molar-refractivity contribution in [2.24, 2.45) is 0 Å². The molecule has 162 valence electrons. The predicted octanol–water partition coefficient (Wildman–Crippen LogP) is 3.21. The highest BCUT2D eigenvalue weighted by Gasteiger charge is 2.24. The van der Waals surface area contributed by atoms with E-state index in [0.29, 0.717) is 54.3 Å². The van der Waals surface area contributed by atoms with Gasteiger partial charge in [0.05, 0.1) is 23.7 Å². The summed E-state index contributed by atoms with van der Waals surface area (Å²) in [6, 6.07) is 7.75. The number of hydrogen-bond acceptors (Lipinski definition) is 6. The maximum absolute atomic E-state index is 13.6. The van der Waals surface area contributed by atoms with Crippen LogP contribution in [-0.4, -0.2) is 50.0 Å². The van der Waals surface area contributed by atoms with E-state index in [1.165, 1.54) is 0 Å². The summed E-state index contributed by atoms with van der Waals surface area (Å²) in [5.74, 6) is 0.690. The highest BCUT2D eigenvalue weighted by Crippen LogP contribution is 2.27. The number of hydrogen-bond donors (Lipinski definition) is 0. The van der Waals surface area contributed by atoms with Crippen LogP contribution in [0.25, 0.3) is 33.2 Å². The molecule has 3 aromatic heterocycles. The van der Waals surface area contributed by atoms with Crippen LogP contribution in [0, 0.1) is 6.92 Å². The first-order valence-corrected chi connectivity index (χ1v) is 11.0. The molecule has 8 nitrogen and oxygen atoms in total. The standard InChI is InChI=1S/C23H27N5O3/c1-3-30-12-7-11-27-15(2)24-21-19(23(27)29)20-22(28(21)14-16-8-6-13-31-16)26-18-10-5-4-9-17(18)25-20/h4-5,9-10,16H,3,6-8,11-14H2,1-2H3/t16-/m0/s1. The Morgan fingerprint density at radius 2 is 1.94 bits per heavy atom. The lowest BCUT2D eigenvalue weighted by Gasteiger charge is -2.13. The Bertz CT molecular complexity index is 1300. The predicted molar refractivity (Wildman–Crippen MR) is 119 cm³/mol. The molecule has 0 spiro atoms. The quantitative estimate of drug-likeness (QED) is 0.426. The van der Waals surface area contributed by atoms with Crippen LogP contribution in [0.5, 0.6) is 0 Å². The lowest BCUT2D eigenvalue weighted by Crippen LogP contribution is -2.25. The minimum atomic E-state index is -0.0698. The van der Waals surface area contributed by atoms with Crippen molar-refractivity contribution in [2.45, 2.75) is 52.3 Å². The van der Waals surface area contributed by atoms with Crippen molar-refractivity contribution in [3.63, 3.8) is 0 Å². The van der Waals surface area contributed by atoms with Gasteiger partial charge >= 0.3 is 0 Å². The fraction of sp³-hybridized carbons (Fsp3) is 0.478. The van der Waals surface area contributed by atoms with Gasteiger partial charge in [0, 0.05) is 26.4 Å². The van der Waals surface area contributed by atoms with Crippen LogP contribution in [0.1, 0.15) is 32.0 Å². The van der Waals surface area contributed by atoms with Crippen molar-refractivity contribution >= 4 is 33.2 Å². The molecule has 0 amide bonds. The van der Waals surface area contributed by atoms with Crippen LogP contribution in [-0.2, 0) is 22.6 Å². The Hall–Kier alpha value is -2.84. The van der Waals surface area contributed by atoms with Crippen LogP contribution in [0.15, 0.2) is 29.1 Å². The van der Waals surface area contributed by atoms with Gasteiger partial charge in [-0.2, -0.15) is 0 Å². The zero-order valence-electron chi connectivity index (χ0n) is 18.0. The average Bonchev–Trinajstić information content (AvgIpc) is 3.38. The number of fused-ring (bicyclic) bond motifs is 4. The number of rotatable bonds is 7. The summed E-state index contributed by atoms with van der Waals surface area (Å²) >= 11 is 0. The molecule has 5 rings (SSSR count). The first kappa shape index (κ1) is 20.1. The third kappa shape index (κ3) is 3.59. The van der Waals surface area contributed by atoms with E-state index in [0.717, 1.165) is 36.9 Å². The summed E-state index contributed by atoms with van der Waals surface area (Å²) in [5.41, 5.74) is 3.46. The van der Waals surface area contributed by atoms with Crippen LogP contribution in [0.3, 0.4) is 0 Å². The Labute approximate surface area is 179 Å². The molecule has 1 aliphatic heterocycles. The first-order valence-electron chi connectivity index (χ1n) is 11.0. The molecule has 8 heteroatoms. The van der Waals surface area contributed by atoms with Gasteiger partial charge in [0.2, 0.25) is 0 Å². The highest BCUT2D eigenvalue weighted by atomic mass is 16.5. The van der Waals surface area contributed by atoms with Gasteiger partial charge in [0.1, 0.15) is 16.7 Å². The molecule has 31 heavy (non-hydrogen) atoms. The molecule has 0 bridgehead atoms. The van der Waals surface area contributed by atoms with E-state index in [1.54, 1.807) is 4.57 Å². The lowest BCUT2D eigenvalue weighted by molar-refractivity contribution is 0.0986. The number of ether oxygens (including phenoxy) is 2. The average molecular weight is 422 g/mol.